The molecule has 1 amide bonds. The Morgan fingerprint density at radius 3 is 2.79 bits per heavy atom. The number of nitrogens with one attached hydrogen (secondary N) is 1. The predicted octanol–water partition coefficient (Wildman–Crippen LogP) is 5.79. The van der Waals surface area contributed by atoms with Crippen LogP contribution in [0.3, 0.4) is 0 Å². The van der Waals surface area contributed by atoms with Crippen LogP contribution in [0.1, 0.15) is 22.8 Å². The van der Waals surface area contributed by atoms with E-state index >= 15 is 0 Å². The van der Waals surface area contributed by atoms with Crippen LogP contribution in [0.15, 0.2) is 52.7 Å². The molecular formula is C21H18Cl2N2O2S. The highest BCUT2D eigenvalue weighted by molar-refractivity contribution is 7.26. The molecule has 0 bridgehead atoms. The molecule has 0 atom stereocenters. The van der Waals surface area contributed by atoms with Gasteiger partial charge in [0, 0.05) is 26.7 Å². The van der Waals surface area contributed by atoms with Crippen LogP contribution in [0.2, 0.25) is 0 Å². The van der Waals surface area contributed by atoms with Crippen LogP contribution in [0.4, 0.5) is 0 Å². The van der Waals surface area contributed by atoms with E-state index in [-0.39, 0.29) is 5.91 Å². The van der Waals surface area contributed by atoms with Crippen molar-refractivity contribution in [2.45, 2.75) is 13.3 Å². The van der Waals surface area contributed by atoms with Gasteiger partial charge in [-0.3, -0.25) is 15.2 Å². The highest BCUT2D eigenvalue weighted by Crippen LogP contribution is 2.42. The zero-order chi connectivity index (χ0) is 19.8. The number of rotatable bonds is 4. The van der Waals surface area contributed by atoms with E-state index in [1.807, 2.05) is 12.1 Å². The summed E-state index contributed by atoms with van der Waals surface area (Å²) in [5, 5.41) is 4.58. The number of halogens is 2. The Morgan fingerprint density at radius 2 is 2.07 bits per heavy atom. The molecular weight excluding hydrogens is 415 g/mol. The maximum atomic E-state index is 13.1. The average molecular weight is 433 g/mol. The third kappa shape index (κ3) is 3.34. The fourth-order valence-electron chi connectivity index (χ4n) is 3.42. The van der Waals surface area contributed by atoms with Crippen molar-refractivity contribution in [1.29, 1.82) is 0 Å². The smallest absolute Gasteiger partial charge is 0.270 e. The molecule has 1 aromatic heterocycles. The molecule has 2 heterocycles. The number of aryl methyl sites for hydroxylation is 1. The first-order valence-corrected chi connectivity index (χ1v) is 10.4. The number of hydrazine groups is 1. The number of fused-ring (bicyclic) bond motifs is 3. The molecule has 0 spiro atoms. The van der Waals surface area contributed by atoms with Crippen LogP contribution in [0, 0.1) is 0 Å². The van der Waals surface area contributed by atoms with Gasteiger partial charge in [-0.05, 0) is 30.2 Å². The van der Waals surface area contributed by atoms with E-state index in [1.165, 1.54) is 10.3 Å². The SMILES string of the molecule is CCc1cccc2c1sc1c(OC)ccc(C(=O)NN3C=C(Cl)C=C(Cl)C3)c12. The van der Waals surface area contributed by atoms with Gasteiger partial charge >= 0.3 is 0 Å². The Bertz CT molecular complexity index is 1150. The van der Waals surface area contributed by atoms with Gasteiger partial charge in [-0.15, -0.1) is 11.3 Å². The largest absolute Gasteiger partial charge is 0.495 e. The number of hydrogen-bond donors (Lipinski definition) is 1. The number of thiophene rings is 1. The summed E-state index contributed by atoms with van der Waals surface area (Å²) in [4.78, 5) is 13.1. The van der Waals surface area contributed by atoms with Gasteiger partial charge in [-0.25, -0.2) is 0 Å². The quantitative estimate of drug-likeness (QED) is 0.567. The first-order valence-electron chi connectivity index (χ1n) is 8.84. The molecule has 4 rings (SSSR count). The number of carbonyl (C=O) groups excluding carboxylic acids is 1. The van der Waals surface area contributed by atoms with Crippen molar-refractivity contribution < 1.29 is 9.53 Å². The summed E-state index contributed by atoms with van der Waals surface area (Å²) in [6, 6.07) is 9.85. The molecule has 3 aromatic rings. The minimum absolute atomic E-state index is 0.221. The maximum absolute atomic E-state index is 13.1. The summed E-state index contributed by atoms with van der Waals surface area (Å²) in [5.74, 6) is 0.544. The van der Waals surface area contributed by atoms with Gasteiger partial charge in [-0.1, -0.05) is 48.3 Å². The lowest BCUT2D eigenvalue weighted by Gasteiger charge is -2.24. The zero-order valence-electron chi connectivity index (χ0n) is 15.4. The number of amides is 1. The average Bonchev–Trinajstić information content (AvgIpc) is 3.06. The van der Waals surface area contributed by atoms with Gasteiger partial charge in [-0.2, -0.15) is 0 Å². The maximum Gasteiger partial charge on any atom is 0.270 e. The van der Waals surface area contributed by atoms with Gasteiger partial charge in [0.15, 0.2) is 0 Å². The van der Waals surface area contributed by atoms with E-state index in [0.29, 0.717) is 22.2 Å². The lowest BCUT2D eigenvalue weighted by atomic mass is 10.0. The van der Waals surface area contributed by atoms with Crippen molar-refractivity contribution in [2.75, 3.05) is 13.7 Å². The lowest BCUT2D eigenvalue weighted by Crippen LogP contribution is -2.40. The first kappa shape index (κ1) is 19.1. The Balaban J connectivity index is 1.83. The van der Waals surface area contributed by atoms with E-state index in [0.717, 1.165) is 27.6 Å². The topological polar surface area (TPSA) is 41.6 Å². The normalized spacial score (nSPS) is 14.2. The van der Waals surface area contributed by atoms with Crippen LogP contribution < -0.4 is 10.2 Å². The van der Waals surface area contributed by atoms with E-state index in [9.17, 15) is 4.79 Å². The molecule has 0 aliphatic carbocycles. The molecule has 1 N–H and O–H groups in total. The second kappa shape index (κ2) is 7.66. The Morgan fingerprint density at radius 1 is 1.25 bits per heavy atom. The highest BCUT2D eigenvalue weighted by Gasteiger charge is 2.21. The van der Waals surface area contributed by atoms with Crippen LogP contribution >= 0.6 is 34.5 Å². The van der Waals surface area contributed by atoms with E-state index < -0.39 is 0 Å². The summed E-state index contributed by atoms with van der Waals surface area (Å²) < 4.78 is 7.71. The molecule has 0 unspecified atom stereocenters. The predicted molar refractivity (Wildman–Crippen MR) is 117 cm³/mol. The van der Waals surface area contributed by atoms with Crippen molar-refractivity contribution in [3.63, 3.8) is 0 Å². The van der Waals surface area contributed by atoms with Gasteiger partial charge < -0.3 is 4.74 Å². The van der Waals surface area contributed by atoms with E-state index in [4.69, 9.17) is 27.9 Å². The van der Waals surface area contributed by atoms with Crippen LogP contribution in [0.25, 0.3) is 20.2 Å². The Hall–Kier alpha value is -2.21. The fraction of sp³-hybridized carbons (Fsp3) is 0.190. The molecule has 1 aliphatic heterocycles. The molecule has 4 nitrogen and oxygen atoms in total. The van der Waals surface area contributed by atoms with Crippen molar-refractivity contribution in [3.8, 4) is 5.75 Å². The minimum Gasteiger partial charge on any atom is -0.495 e. The van der Waals surface area contributed by atoms with E-state index in [2.05, 4.69) is 24.5 Å². The molecule has 0 saturated carbocycles. The van der Waals surface area contributed by atoms with Crippen LogP contribution in [-0.4, -0.2) is 24.6 Å². The summed E-state index contributed by atoms with van der Waals surface area (Å²) >= 11 is 13.8. The summed E-state index contributed by atoms with van der Waals surface area (Å²) in [5.41, 5.74) is 4.73. The van der Waals surface area contributed by atoms with Crippen molar-refractivity contribution in [2.24, 2.45) is 0 Å². The molecule has 2 aromatic carbocycles. The van der Waals surface area contributed by atoms with Gasteiger partial charge in [0.2, 0.25) is 0 Å². The molecule has 28 heavy (non-hydrogen) atoms. The van der Waals surface area contributed by atoms with E-state index in [1.54, 1.807) is 41.8 Å². The molecule has 7 heteroatoms. The van der Waals surface area contributed by atoms with Crippen molar-refractivity contribution in [3.05, 3.63) is 63.8 Å². The number of carbonyl (C=O) groups is 1. The van der Waals surface area contributed by atoms with Crippen LogP contribution in [0.5, 0.6) is 5.75 Å². The molecule has 0 radical (unpaired) electrons. The Labute approximate surface area is 176 Å². The van der Waals surface area contributed by atoms with Gasteiger partial charge in [0.1, 0.15) is 5.75 Å². The number of hydrogen-bond acceptors (Lipinski definition) is 4. The highest BCUT2D eigenvalue weighted by atomic mass is 35.5. The molecule has 144 valence electrons. The monoisotopic (exact) mass is 432 g/mol. The number of benzene rings is 2. The third-order valence-corrected chi connectivity index (χ3v) is 6.41. The standard InChI is InChI=1S/C21H18Cl2N2O2S/c1-3-12-5-4-6-15-18-16(7-8-17(27-2)20(18)28-19(12)15)21(26)24-25-10-13(22)9-14(23)11-25/h4-10H,3,11H2,1-2H3,(H,24,26). The van der Waals surface area contributed by atoms with Crippen molar-refractivity contribution >= 4 is 60.6 Å². The Kier molecular flexibility index (Phi) is 5.23. The molecule has 0 saturated heterocycles. The fourth-order valence-corrected chi connectivity index (χ4v) is 5.37. The minimum atomic E-state index is -0.221. The lowest BCUT2D eigenvalue weighted by molar-refractivity contribution is 0.0861. The van der Waals surface area contributed by atoms with Crippen LogP contribution in [-0.2, 0) is 6.42 Å². The summed E-state index contributed by atoms with van der Waals surface area (Å²) in [6.45, 7) is 2.50. The third-order valence-electron chi connectivity index (χ3n) is 4.68. The second-order valence-electron chi connectivity index (χ2n) is 6.44. The number of ether oxygens (including phenoxy) is 1. The van der Waals surface area contributed by atoms with Gasteiger partial charge in [0.05, 0.1) is 29.0 Å². The number of methoxy groups -OCH3 is 1. The van der Waals surface area contributed by atoms with Gasteiger partial charge in [0.25, 0.3) is 5.91 Å². The molecule has 1 aliphatic rings. The summed E-state index contributed by atoms with van der Waals surface area (Å²) in [7, 11) is 1.65. The zero-order valence-corrected chi connectivity index (χ0v) is 17.7. The first-order chi connectivity index (χ1) is 13.5. The number of nitrogens with zero attached hydrogens (tertiary/aromatic N) is 1. The van der Waals surface area contributed by atoms with Crippen molar-refractivity contribution in [1.82, 2.24) is 10.4 Å². The molecule has 0 fully saturated rings. The second-order valence-corrected chi connectivity index (χ2v) is 8.39. The number of allylic oxidation sites excluding steroid dienone is 2. The summed E-state index contributed by atoms with van der Waals surface area (Å²) in [6.07, 6.45) is 4.24.